The largest absolute Gasteiger partial charge is 0.343 e. The van der Waals surface area contributed by atoms with Crippen molar-refractivity contribution in [2.24, 2.45) is 0 Å². The zero-order valence-corrected chi connectivity index (χ0v) is 9.13. The molecule has 80 valence electrons. The van der Waals surface area contributed by atoms with Crippen molar-refractivity contribution in [1.29, 1.82) is 0 Å². The predicted octanol–water partition coefficient (Wildman–Crippen LogP) is 2.07. The van der Waals surface area contributed by atoms with Crippen molar-refractivity contribution in [3.63, 3.8) is 0 Å². The van der Waals surface area contributed by atoms with E-state index >= 15 is 0 Å². The third-order valence-electron chi connectivity index (χ3n) is 2.41. The molecule has 0 bridgehead atoms. The second-order valence-electron chi connectivity index (χ2n) is 4.02. The zero-order chi connectivity index (χ0) is 11.0. The van der Waals surface area contributed by atoms with Gasteiger partial charge in [0.15, 0.2) is 0 Å². The van der Waals surface area contributed by atoms with Crippen molar-refractivity contribution in [1.82, 2.24) is 14.9 Å². The number of halogens is 1. The van der Waals surface area contributed by atoms with Crippen LogP contribution in [0.25, 0.3) is 11.0 Å². The summed E-state index contributed by atoms with van der Waals surface area (Å²) in [4.78, 5) is 9.23. The van der Waals surface area contributed by atoms with Crippen LogP contribution < -0.4 is 0 Å². The fourth-order valence-corrected chi connectivity index (χ4v) is 1.74. The Balaban J connectivity index is 2.60. The molecule has 4 heteroatoms. The highest BCUT2D eigenvalue weighted by atomic mass is 19.1. The van der Waals surface area contributed by atoms with Crippen LogP contribution in [-0.2, 0) is 6.54 Å². The average molecular weight is 207 g/mol. The number of nitrogens with one attached hydrogen (secondary N) is 1. The van der Waals surface area contributed by atoms with Gasteiger partial charge in [0.05, 0.1) is 6.20 Å². The molecule has 1 N–H and O–H groups in total. The van der Waals surface area contributed by atoms with Crippen LogP contribution in [0.3, 0.4) is 0 Å². The Bertz CT molecular complexity index is 488. The van der Waals surface area contributed by atoms with E-state index in [4.69, 9.17) is 0 Å². The summed E-state index contributed by atoms with van der Waals surface area (Å²) < 4.78 is 13.1. The maximum absolute atomic E-state index is 13.1. The third kappa shape index (κ3) is 1.85. The van der Waals surface area contributed by atoms with Crippen molar-refractivity contribution >= 4 is 11.0 Å². The summed E-state index contributed by atoms with van der Waals surface area (Å²) in [7, 11) is 3.98. The molecule has 0 saturated heterocycles. The molecule has 0 aliphatic carbocycles. The highest BCUT2D eigenvalue weighted by molar-refractivity contribution is 5.81. The summed E-state index contributed by atoms with van der Waals surface area (Å²) in [5.41, 5.74) is 2.92. The van der Waals surface area contributed by atoms with Gasteiger partial charge in [0.1, 0.15) is 11.5 Å². The van der Waals surface area contributed by atoms with Gasteiger partial charge in [0, 0.05) is 17.6 Å². The van der Waals surface area contributed by atoms with Crippen LogP contribution in [0.2, 0.25) is 0 Å². The lowest BCUT2D eigenvalue weighted by Crippen LogP contribution is -2.11. The Morgan fingerprint density at radius 1 is 1.47 bits per heavy atom. The van der Waals surface area contributed by atoms with Crippen molar-refractivity contribution in [2.45, 2.75) is 13.5 Å². The fraction of sp³-hybridized carbons (Fsp3) is 0.364. The van der Waals surface area contributed by atoms with Crippen LogP contribution >= 0.6 is 0 Å². The maximum atomic E-state index is 13.1. The third-order valence-corrected chi connectivity index (χ3v) is 2.41. The van der Waals surface area contributed by atoms with E-state index < -0.39 is 0 Å². The highest BCUT2D eigenvalue weighted by Gasteiger charge is 2.10. The lowest BCUT2D eigenvalue weighted by molar-refractivity contribution is 0.403. The number of H-pyrrole nitrogens is 1. The van der Waals surface area contributed by atoms with Gasteiger partial charge in [-0.2, -0.15) is 0 Å². The molecule has 2 rings (SSSR count). The van der Waals surface area contributed by atoms with Crippen LogP contribution in [0.5, 0.6) is 0 Å². The number of fused-ring (bicyclic) bond motifs is 1. The predicted molar refractivity (Wildman–Crippen MR) is 58.2 cm³/mol. The van der Waals surface area contributed by atoms with Gasteiger partial charge >= 0.3 is 0 Å². The Hall–Kier alpha value is -1.42. The molecule has 0 aromatic carbocycles. The summed E-state index contributed by atoms with van der Waals surface area (Å²) in [6.07, 6.45) is 1.23. The minimum absolute atomic E-state index is 0.290. The molecule has 0 radical (unpaired) electrons. The van der Waals surface area contributed by atoms with Crippen LogP contribution in [0.4, 0.5) is 4.39 Å². The first-order valence-electron chi connectivity index (χ1n) is 4.85. The SMILES string of the molecule is Cc1[nH]c2ncc(F)cc2c1CN(C)C. The van der Waals surface area contributed by atoms with Gasteiger partial charge < -0.3 is 9.88 Å². The standard InChI is InChI=1S/C11H14FN3/c1-7-10(6-15(2)3)9-4-8(12)5-13-11(9)14-7/h4-5H,6H2,1-3H3,(H,13,14). The second kappa shape index (κ2) is 3.62. The molecule has 0 aliphatic rings. The quantitative estimate of drug-likeness (QED) is 0.817. The number of hydrogen-bond acceptors (Lipinski definition) is 2. The van der Waals surface area contributed by atoms with Crippen molar-refractivity contribution in [3.05, 3.63) is 29.3 Å². The summed E-state index contributed by atoms with van der Waals surface area (Å²) >= 11 is 0. The van der Waals surface area contributed by atoms with E-state index in [1.807, 2.05) is 21.0 Å². The van der Waals surface area contributed by atoms with Crippen LogP contribution in [0.1, 0.15) is 11.3 Å². The van der Waals surface area contributed by atoms with E-state index in [9.17, 15) is 4.39 Å². The number of rotatable bonds is 2. The molecule has 0 unspecified atom stereocenters. The van der Waals surface area contributed by atoms with E-state index in [0.29, 0.717) is 0 Å². The molecule has 2 aromatic heterocycles. The zero-order valence-electron chi connectivity index (χ0n) is 9.13. The minimum Gasteiger partial charge on any atom is -0.343 e. The van der Waals surface area contributed by atoms with E-state index in [0.717, 1.165) is 28.8 Å². The molecular weight excluding hydrogens is 193 g/mol. The number of hydrogen-bond donors (Lipinski definition) is 1. The molecule has 3 nitrogen and oxygen atoms in total. The minimum atomic E-state index is -0.290. The lowest BCUT2D eigenvalue weighted by Gasteiger charge is -2.09. The summed E-state index contributed by atoms with van der Waals surface area (Å²) in [6, 6.07) is 1.53. The number of nitrogens with zero attached hydrogens (tertiary/aromatic N) is 2. The molecule has 2 aromatic rings. The Kier molecular flexibility index (Phi) is 2.44. The topological polar surface area (TPSA) is 31.9 Å². The number of aromatic nitrogens is 2. The first kappa shape index (κ1) is 10.1. The summed E-state index contributed by atoms with van der Waals surface area (Å²) in [5, 5.41) is 0.876. The molecule has 0 amide bonds. The second-order valence-corrected chi connectivity index (χ2v) is 4.02. The van der Waals surface area contributed by atoms with Gasteiger partial charge in [-0.15, -0.1) is 0 Å². The van der Waals surface area contributed by atoms with E-state index in [2.05, 4.69) is 14.9 Å². The van der Waals surface area contributed by atoms with Gasteiger partial charge in [-0.05, 0) is 32.6 Å². The monoisotopic (exact) mass is 207 g/mol. The molecule has 15 heavy (non-hydrogen) atoms. The normalized spacial score (nSPS) is 11.5. The van der Waals surface area contributed by atoms with Gasteiger partial charge in [-0.25, -0.2) is 9.37 Å². The summed E-state index contributed by atoms with van der Waals surface area (Å²) in [6.45, 7) is 2.77. The molecular formula is C11H14FN3. The Morgan fingerprint density at radius 3 is 2.87 bits per heavy atom. The molecule has 2 heterocycles. The van der Waals surface area contributed by atoms with Gasteiger partial charge in [0.2, 0.25) is 0 Å². The van der Waals surface area contributed by atoms with E-state index in [1.165, 1.54) is 12.3 Å². The maximum Gasteiger partial charge on any atom is 0.142 e. The lowest BCUT2D eigenvalue weighted by atomic mass is 10.1. The van der Waals surface area contributed by atoms with Gasteiger partial charge in [-0.3, -0.25) is 0 Å². The summed E-state index contributed by atoms with van der Waals surface area (Å²) in [5.74, 6) is -0.290. The number of aryl methyl sites for hydroxylation is 1. The first-order valence-corrected chi connectivity index (χ1v) is 4.85. The number of aromatic amines is 1. The van der Waals surface area contributed by atoms with Gasteiger partial charge in [-0.1, -0.05) is 0 Å². The molecule has 0 aliphatic heterocycles. The molecule has 0 spiro atoms. The fourth-order valence-electron chi connectivity index (χ4n) is 1.74. The smallest absolute Gasteiger partial charge is 0.142 e. The number of pyridine rings is 1. The molecule has 0 saturated carbocycles. The van der Waals surface area contributed by atoms with Crippen LogP contribution in [-0.4, -0.2) is 29.0 Å². The van der Waals surface area contributed by atoms with Gasteiger partial charge in [0.25, 0.3) is 0 Å². The van der Waals surface area contributed by atoms with Crippen LogP contribution in [0, 0.1) is 12.7 Å². The van der Waals surface area contributed by atoms with Crippen molar-refractivity contribution in [2.75, 3.05) is 14.1 Å². The Labute approximate surface area is 87.9 Å². The highest BCUT2D eigenvalue weighted by Crippen LogP contribution is 2.21. The van der Waals surface area contributed by atoms with Crippen molar-refractivity contribution < 1.29 is 4.39 Å². The average Bonchev–Trinajstić information content (AvgIpc) is 2.43. The van der Waals surface area contributed by atoms with Crippen LogP contribution in [0.15, 0.2) is 12.3 Å². The molecule has 0 atom stereocenters. The van der Waals surface area contributed by atoms with E-state index in [-0.39, 0.29) is 5.82 Å². The van der Waals surface area contributed by atoms with Crippen molar-refractivity contribution in [3.8, 4) is 0 Å². The van der Waals surface area contributed by atoms with E-state index in [1.54, 1.807) is 0 Å². The first-order chi connectivity index (χ1) is 7.08. The Morgan fingerprint density at radius 2 is 2.20 bits per heavy atom. The molecule has 0 fully saturated rings.